The van der Waals surface area contributed by atoms with Gasteiger partial charge in [0.05, 0.1) is 0 Å². The molecule has 0 aliphatic rings. The van der Waals surface area contributed by atoms with Gasteiger partial charge in [0.1, 0.15) is 0 Å². The summed E-state index contributed by atoms with van der Waals surface area (Å²) in [4.78, 5) is 15.1. The van der Waals surface area contributed by atoms with Gasteiger partial charge in [-0.3, -0.25) is 0 Å². The lowest BCUT2D eigenvalue weighted by Crippen LogP contribution is -1.35. The highest BCUT2D eigenvalue weighted by atomic mass is 31.1. The fourth-order valence-corrected chi connectivity index (χ4v) is 0. The summed E-state index contributed by atoms with van der Waals surface area (Å²) in [6.07, 6.45) is 0. The standard InChI is InChI=1S/2CH3O2P.CH4.Al/c2*1-4(2)3;;/h2*1H3;1H4;/p+2. The van der Waals surface area contributed by atoms with Gasteiger partial charge < -0.3 is 0 Å². The Morgan fingerprint density at radius 3 is 1.00 bits per heavy atom. The molecule has 0 aliphatic heterocycles. The van der Waals surface area contributed by atoms with Crippen molar-refractivity contribution in [3.8, 4) is 0 Å². The molecule has 2 N–H and O–H groups in total. The summed E-state index contributed by atoms with van der Waals surface area (Å²) in [5.74, 6) is 0. The van der Waals surface area contributed by atoms with E-state index in [4.69, 9.17) is 18.9 Å². The van der Waals surface area contributed by atoms with Gasteiger partial charge in [0.15, 0.2) is 13.3 Å². The highest BCUT2D eigenvalue weighted by Crippen LogP contribution is 2.00. The van der Waals surface area contributed by atoms with E-state index in [1.54, 1.807) is 0 Å². The molecule has 0 saturated carbocycles. The number of rotatable bonds is 0. The van der Waals surface area contributed by atoms with Crippen molar-refractivity contribution in [1.29, 1.82) is 0 Å². The van der Waals surface area contributed by atoms with E-state index in [-0.39, 0.29) is 24.8 Å². The fourth-order valence-electron chi connectivity index (χ4n) is 0. The quantitative estimate of drug-likeness (QED) is 0.452. The Balaban J connectivity index is -0.0000000300. The molecule has 3 radical (unpaired) electrons. The van der Waals surface area contributed by atoms with Crippen molar-refractivity contribution in [3.05, 3.63) is 0 Å². The third-order valence-electron chi connectivity index (χ3n) is 0. The Bertz CT molecular complexity index is 76.5. The minimum atomic E-state index is -1.87. The van der Waals surface area contributed by atoms with E-state index < -0.39 is 16.1 Å². The van der Waals surface area contributed by atoms with Crippen LogP contribution in [0.5, 0.6) is 0 Å². The van der Waals surface area contributed by atoms with Gasteiger partial charge in [-0.2, -0.15) is 9.79 Å². The Labute approximate surface area is 73.5 Å². The van der Waals surface area contributed by atoms with E-state index in [0.717, 1.165) is 0 Å². The van der Waals surface area contributed by atoms with Crippen LogP contribution < -0.4 is 0 Å². The van der Waals surface area contributed by atoms with Crippen molar-refractivity contribution < 1.29 is 18.9 Å². The molecule has 4 nitrogen and oxygen atoms in total. The maximum absolute atomic E-state index is 9.15. The molecule has 0 heterocycles. The minimum absolute atomic E-state index is 0. The first-order valence-corrected chi connectivity index (χ1v) is 4.98. The van der Waals surface area contributed by atoms with E-state index in [1.165, 1.54) is 13.3 Å². The van der Waals surface area contributed by atoms with E-state index in [9.17, 15) is 0 Å². The lowest BCUT2D eigenvalue weighted by atomic mass is 12.0. The van der Waals surface area contributed by atoms with E-state index in [2.05, 4.69) is 0 Å². The normalized spacial score (nSPS) is 8.80. The molecule has 0 aliphatic carbocycles. The first-order chi connectivity index (χ1) is 3.46. The van der Waals surface area contributed by atoms with Gasteiger partial charge in [-0.25, -0.2) is 0 Å². The molecule has 59 valence electrons. The largest absolute Gasteiger partial charge is 0.502 e. The maximum atomic E-state index is 9.15. The van der Waals surface area contributed by atoms with Crippen molar-refractivity contribution >= 4 is 33.4 Å². The minimum Gasteiger partial charge on any atom is -0.161 e. The highest BCUT2D eigenvalue weighted by molar-refractivity contribution is 7.37. The van der Waals surface area contributed by atoms with Gasteiger partial charge in [-0.1, -0.05) is 7.43 Å². The van der Waals surface area contributed by atoms with Crippen LogP contribution in [0.25, 0.3) is 0 Å². The summed E-state index contributed by atoms with van der Waals surface area (Å²) in [7, 11) is -3.74. The smallest absolute Gasteiger partial charge is 0.161 e. The lowest BCUT2D eigenvalue weighted by molar-refractivity contribution is 0.508. The van der Waals surface area contributed by atoms with Crippen LogP contribution in [0.15, 0.2) is 0 Å². The summed E-state index contributed by atoms with van der Waals surface area (Å²) in [5.41, 5.74) is 0. The second kappa shape index (κ2) is 16.3. The highest BCUT2D eigenvalue weighted by Gasteiger charge is 1.86. The average Bonchev–Trinajstić information content (AvgIpc) is 1.25. The van der Waals surface area contributed by atoms with Crippen LogP contribution in [-0.2, 0) is 9.13 Å². The predicted octanol–water partition coefficient (Wildman–Crippen LogP) is 0.957. The van der Waals surface area contributed by atoms with Gasteiger partial charge in [-0.15, -0.1) is 0 Å². The fraction of sp³-hybridized carbons (Fsp3) is 1.00. The van der Waals surface area contributed by atoms with Gasteiger partial charge in [-0.05, 0) is 9.13 Å². The van der Waals surface area contributed by atoms with Crippen LogP contribution >= 0.6 is 16.1 Å². The molecule has 7 heteroatoms. The summed E-state index contributed by atoms with van der Waals surface area (Å²) >= 11 is 0. The van der Waals surface area contributed by atoms with Crippen LogP contribution in [0.3, 0.4) is 0 Å². The second-order valence-corrected chi connectivity index (χ2v) is 2.79. The molecule has 0 aromatic heterocycles. The van der Waals surface area contributed by atoms with Crippen molar-refractivity contribution in [1.82, 2.24) is 0 Å². The van der Waals surface area contributed by atoms with Crippen LogP contribution in [0.4, 0.5) is 0 Å². The monoisotopic (exact) mass is 201 g/mol. The zero-order valence-corrected chi connectivity index (χ0v) is 8.13. The summed E-state index contributed by atoms with van der Waals surface area (Å²) < 4.78 is 18.3. The third-order valence-corrected chi connectivity index (χ3v) is 0. The van der Waals surface area contributed by atoms with Crippen molar-refractivity contribution in [2.75, 3.05) is 13.3 Å². The molecule has 0 spiro atoms. The molecule has 0 fully saturated rings. The average molecular weight is 201 g/mol. The van der Waals surface area contributed by atoms with Crippen LogP contribution in [0, 0.1) is 0 Å². The summed E-state index contributed by atoms with van der Waals surface area (Å²) in [6, 6.07) is 0. The molecule has 0 bridgehead atoms. The first kappa shape index (κ1) is 22.4. The summed E-state index contributed by atoms with van der Waals surface area (Å²) in [6.45, 7) is 2.46. The van der Waals surface area contributed by atoms with Crippen molar-refractivity contribution in [2.45, 2.75) is 7.43 Å². The zero-order chi connectivity index (χ0) is 7.15. The van der Waals surface area contributed by atoms with Crippen molar-refractivity contribution in [3.63, 3.8) is 0 Å². The van der Waals surface area contributed by atoms with Gasteiger partial charge >= 0.3 is 16.1 Å². The van der Waals surface area contributed by atoms with Gasteiger partial charge in [0.2, 0.25) is 0 Å². The van der Waals surface area contributed by atoms with E-state index in [0.29, 0.717) is 0 Å². The molecule has 0 amide bonds. The van der Waals surface area contributed by atoms with E-state index in [1.807, 2.05) is 0 Å². The molecule has 0 aromatic rings. The van der Waals surface area contributed by atoms with Crippen LogP contribution in [0.2, 0.25) is 0 Å². The Hall–Kier alpha value is 0.652. The second-order valence-electron chi connectivity index (χ2n) is 0.928. The molecule has 0 rings (SSSR count). The lowest BCUT2D eigenvalue weighted by Gasteiger charge is -1.36. The molecular weight excluding hydrogens is 189 g/mol. The molecule has 0 aromatic carbocycles. The Morgan fingerprint density at radius 1 is 1.00 bits per heavy atom. The summed E-state index contributed by atoms with van der Waals surface area (Å²) in [5, 5.41) is 0. The maximum Gasteiger partial charge on any atom is 0.502 e. The molecule has 2 unspecified atom stereocenters. The van der Waals surface area contributed by atoms with Crippen molar-refractivity contribution in [2.24, 2.45) is 0 Å². The molecule has 10 heavy (non-hydrogen) atoms. The number of hydrogen-bond acceptors (Lipinski definition) is 2. The molecule has 2 atom stereocenters. The van der Waals surface area contributed by atoms with Crippen LogP contribution in [0.1, 0.15) is 7.43 Å². The molecule has 0 saturated heterocycles. The van der Waals surface area contributed by atoms with E-state index >= 15 is 0 Å². The Morgan fingerprint density at radius 2 is 1.00 bits per heavy atom. The Kier molecular flexibility index (Phi) is 36.6. The van der Waals surface area contributed by atoms with Gasteiger partial charge in [0.25, 0.3) is 0 Å². The SMILES string of the molecule is C.C[P+](=O)O.C[P+](=O)O.[Al]. The predicted molar refractivity (Wildman–Crippen MR) is 44.0 cm³/mol. The first-order valence-electron chi connectivity index (χ1n) is 1.66. The molecular formula is C3H12AlO4P2+2. The van der Waals surface area contributed by atoms with Crippen LogP contribution in [-0.4, -0.2) is 40.5 Å². The number of hydrogen-bond donors (Lipinski definition) is 2. The third kappa shape index (κ3) is 1190. The van der Waals surface area contributed by atoms with Gasteiger partial charge in [0, 0.05) is 17.4 Å². The zero-order valence-electron chi connectivity index (χ0n) is 5.18. The topological polar surface area (TPSA) is 74.6 Å².